The van der Waals surface area contributed by atoms with Crippen LogP contribution in [0.3, 0.4) is 0 Å². The Bertz CT molecular complexity index is 783. The number of halogens is 1. The van der Waals surface area contributed by atoms with Crippen LogP contribution in [-0.4, -0.2) is 67.9 Å². The molecule has 7 heteroatoms. The van der Waals surface area contributed by atoms with E-state index in [1.54, 1.807) is 0 Å². The van der Waals surface area contributed by atoms with Gasteiger partial charge >= 0.3 is 0 Å². The summed E-state index contributed by atoms with van der Waals surface area (Å²) in [5, 5.41) is 0. The van der Waals surface area contributed by atoms with Crippen molar-refractivity contribution in [3.05, 3.63) is 34.3 Å². The van der Waals surface area contributed by atoms with Crippen LogP contribution in [0.15, 0.2) is 28.7 Å². The van der Waals surface area contributed by atoms with E-state index in [4.69, 9.17) is 0 Å². The van der Waals surface area contributed by atoms with Crippen LogP contribution in [0.2, 0.25) is 0 Å². The Balaban J connectivity index is 1.40. The Kier molecular flexibility index (Phi) is 4.45. The molecular weight excluding hydrogens is 404 g/mol. The van der Waals surface area contributed by atoms with E-state index in [1.165, 1.54) is 0 Å². The molecule has 5 nitrogen and oxygen atoms in total. The molecule has 0 spiro atoms. The molecule has 1 unspecified atom stereocenters. The van der Waals surface area contributed by atoms with Crippen LogP contribution in [0.1, 0.15) is 24.8 Å². The number of hydrogen-bond acceptors (Lipinski definition) is 4. The molecule has 1 aromatic rings. The van der Waals surface area contributed by atoms with Crippen molar-refractivity contribution in [2.75, 3.05) is 37.7 Å². The number of rotatable bonds is 3. The summed E-state index contributed by atoms with van der Waals surface area (Å²) in [5.74, 6) is 0.829. The van der Waals surface area contributed by atoms with Gasteiger partial charge in [0.2, 0.25) is 5.91 Å². The van der Waals surface area contributed by atoms with E-state index in [0.29, 0.717) is 18.8 Å². The first-order valence-corrected chi connectivity index (χ1v) is 11.5. The van der Waals surface area contributed by atoms with E-state index in [9.17, 15) is 13.2 Å². The number of hydrogen-bond donors (Lipinski definition) is 0. The van der Waals surface area contributed by atoms with E-state index in [0.717, 1.165) is 42.4 Å². The van der Waals surface area contributed by atoms with Gasteiger partial charge in [-0.1, -0.05) is 28.1 Å². The standard InChI is InChI=1S/C18H23BrN2O3S/c19-15-3-1-2-14(12-15)18(5-6-18)17(22)21-9-7-20(8-10-21)16-4-11-25(23,24)13-16/h1-3,12,16H,4-11,13H2. The van der Waals surface area contributed by atoms with Crippen molar-refractivity contribution in [3.63, 3.8) is 0 Å². The number of piperazine rings is 1. The minimum atomic E-state index is -2.85. The Morgan fingerprint density at radius 1 is 1.16 bits per heavy atom. The predicted molar refractivity (Wildman–Crippen MR) is 100 cm³/mol. The molecule has 0 bridgehead atoms. The van der Waals surface area contributed by atoms with Crippen molar-refractivity contribution in [1.29, 1.82) is 0 Å². The SMILES string of the molecule is O=C(N1CCN(C2CCS(=O)(=O)C2)CC1)C1(c2cccc(Br)c2)CC1. The molecule has 1 amide bonds. The van der Waals surface area contributed by atoms with Gasteiger partial charge in [0.15, 0.2) is 9.84 Å². The van der Waals surface area contributed by atoms with Gasteiger partial charge in [-0.3, -0.25) is 9.69 Å². The third-order valence-electron chi connectivity index (χ3n) is 5.86. The fraction of sp³-hybridized carbons (Fsp3) is 0.611. The second-order valence-electron chi connectivity index (χ2n) is 7.48. The smallest absolute Gasteiger partial charge is 0.233 e. The first-order chi connectivity index (χ1) is 11.9. The zero-order valence-electron chi connectivity index (χ0n) is 14.2. The van der Waals surface area contributed by atoms with Crippen LogP contribution >= 0.6 is 15.9 Å². The maximum Gasteiger partial charge on any atom is 0.233 e. The van der Waals surface area contributed by atoms with E-state index in [2.05, 4.69) is 33.0 Å². The van der Waals surface area contributed by atoms with E-state index in [-0.39, 0.29) is 23.1 Å². The lowest BCUT2D eigenvalue weighted by atomic mass is 9.94. The molecule has 0 N–H and O–H groups in total. The summed E-state index contributed by atoms with van der Waals surface area (Å²) in [6, 6.07) is 8.23. The van der Waals surface area contributed by atoms with Gasteiger partial charge in [-0.15, -0.1) is 0 Å². The maximum absolute atomic E-state index is 13.1. The highest BCUT2D eigenvalue weighted by atomic mass is 79.9. The molecule has 4 rings (SSSR count). The summed E-state index contributed by atoms with van der Waals surface area (Å²) < 4.78 is 24.4. The van der Waals surface area contributed by atoms with Gasteiger partial charge in [0.25, 0.3) is 0 Å². The summed E-state index contributed by atoms with van der Waals surface area (Å²) in [7, 11) is -2.85. The summed E-state index contributed by atoms with van der Waals surface area (Å²) in [6.45, 7) is 2.96. The third-order valence-corrected chi connectivity index (χ3v) is 8.11. The fourth-order valence-corrected chi connectivity index (χ4v) is 6.35. The van der Waals surface area contributed by atoms with Crippen LogP contribution in [0.5, 0.6) is 0 Å². The Labute approximate surface area is 157 Å². The molecule has 1 aromatic carbocycles. The molecule has 0 aromatic heterocycles. The minimum absolute atomic E-state index is 0.141. The molecule has 1 saturated carbocycles. The van der Waals surface area contributed by atoms with Gasteiger partial charge < -0.3 is 4.90 Å². The quantitative estimate of drug-likeness (QED) is 0.739. The number of carbonyl (C=O) groups excluding carboxylic acids is 1. The highest BCUT2D eigenvalue weighted by Crippen LogP contribution is 2.50. The molecule has 25 heavy (non-hydrogen) atoms. The molecule has 2 heterocycles. The van der Waals surface area contributed by atoms with E-state index in [1.807, 2.05) is 17.0 Å². The van der Waals surface area contributed by atoms with E-state index < -0.39 is 9.84 Å². The molecule has 1 aliphatic carbocycles. The van der Waals surface area contributed by atoms with Gasteiger partial charge in [0, 0.05) is 36.7 Å². The van der Waals surface area contributed by atoms with Gasteiger partial charge in [-0.25, -0.2) is 8.42 Å². The molecule has 1 atom stereocenters. The van der Waals surface area contributed by atoms with Crippen LogP contribution in [0.4, 0.5) is 0 Å². The number of sulfone groups is 1. The van der Waals surface area contributed by atoms with E-state index >= 15 is 0 Å². The zero-order valence-corrected chi connectivity index (χ0v) is 16.6. The second kappa shape index (κ2) is 6.35. The second-order valence-corrected chi connectivity index (χ2v) is 10.6. The maximum atomic E-state index is 13.1. The lowest BCUT2D eigenvalue weighted by Gasteiger charge is -2.39. The van der Waals surface area contributed by atoms with Crippen molar-refractivity contribution >= 4 is 31.7 Å². The molecule has 136 valence electrons. The highest BCUT2D eigenvalue weighted by molar-refractivity contribution is 9.10. The molecule has 0 radical (unpaired) electrons. The normalized spacial score (nSPS) is 28.0. The summed E-state index contributed by atoms with van der Waals surface area (Å²) in [5.41, 5.74) is 0.777. The fourth-order valence-electron chi connectivity index (χ4n) is 4.19. The number of benzene rings is 1. The van der Waals surface area contributed by atoms with Gasteiger partial charge in [0.05, 0.1) is 16.9 Å². The number of nitrogens with zero attached hydrogens (tertiary/aromatic N) is 2. The lowest BCUT2D eigenvalue weighted by molar-refractivity contribution is -0.136. The van der Waals surface area contributed by atoms with Gasteiger partial charge in [0.1, 0.15) is 0 Å². The Morgan fingerprint density at radius 3 is 2.44 bits per heavy atom. The molecule has 2 aliphatic heterocycles. The lowest BCUT2D eigenvalue weighted by Crippen LogP contribution is -2.54. The molecule has 3 aliphatic rings. The summed E-state index contributed by atoms with van der Waals surface area (Å²) in [6.07, 6.45) is 2.57. The molecule has 3 fully saturated rings. The average molecular weight is 427 g/mol. The predicted octanol–water partition coefficient (Wildman–Crippen LogP) is 1.81. The Hall–Kier alpha value is -0.920. The van der Waals surface area contributed by atoms with Crippen molar-refractivity contribution in [2.24, 2.45) is 0 Å². The van der Waals surface area contributed by atoms with Crippen molar-refractivity contribution in [2.45, 2.75) is 30.7 Å². The average Bonchev–Trinajstić information content (AvgIpc) is 3.33. The topological polar surface area (TPSA) is 57.7 Å². The molecular formula is C18H23BrN2O3S. The first kappa shape index (κ1) is 17.5. The largest absolute Gasteiger partial charge is 0.339 e. The van der Waals surface area contributed by atoms with Crippen molar-refractivity contribution in [3.8, 4) is 0 Å². The number of amides is 1. The summed E-state index contributed by atoms with van der Waals surface area (Å²) >= 11 is 3.50. The van der Waals surface area contributed by atoms with Gasteiger partial charge in [-0.2, -0.15) is 0 Å². The minimum Gasteiger partial charge on any atom is -0.339 e. The van der Waals surface area contributed by atoms with Crippen molar-refractivity contribution in [1.82, 2.24) is 9.80 Å². The third kappa shape index (κ3) is 3.38. The van der Waals surface area contributed by atoms with Crippen LogP contribution in [-0.2, 0) is 20.0 Å². The molecule has 2 saturated heterocycles. The summed E-state index contributed by atoms with van der Waals surface area (Å²) in [4.78, 5) is 17.4. The first-order valence-electron chi connectivity index (χ1n) is 8.90. The van der Waals surface area contributed by atoms with Gasteiger partial charge in [-0.05, 0) is 37.0 Å². The highest BCUT2D eigenvalue weighted by Gasteiger charge is 2.53. The van der Waals surface area contributed by atoms with Crippen LogP contribution in [0.25, 0.3) is 0 Å². The van der Waals surface area contributed by atoms with Crippen LogP contribution in [0, 0.1) is 0 Å². The Morgan fingerprint density at radius 2 is 1.88 bits per heavy atom. The van der Waals surface area contributed by atoms with Crippen molar-refractivity contribution < 1.29 is 13.2 Å². The zero-order chi connectivity index (χ0) is 17.7. The monoisotopic (exact) mass is 426 g/mol. The van der Waals surface area contributed by atoms with Crippen LogP contribution < -0.4 is 0 Å². The number of carbonyl (C=O) groups is 1.